The fourth-order valence-corrected chi connectivity index (χ4v) is 27.0. The molecule has 9 aromatic rings. The summed E-state index contributed by atoms with van der Waals surface area (Å²) in [6, 6.07) is 68.9. The summed E-state index contributed by atoms with van der Waals surface area (Å²) in [6.07, 6.45) is 33.4. The molecule has 4 heterocycles. The first-order chi connectivity index (χ1) is 72.1. The van der Waals surface area contributed by atoms with Crippen LogP contribution in [0.4, 0.5) is 0 Å². The number of hydrogen-bond acceptors (Lipinski definition) is 20. The van der Waals surface area contributed by atoms with Crippen molar-refractivity contribution in [3.05, 3.63) is 239 Å². The molecule has 12 fully saturated rings. The second-order valence-electron chi connectivity index (χ2n) is 43.8. The summed E-state index contributed by atoms with van der Waals surface area (Å²) in [7, 11) is -2.50. The van der Waals surface area contributed by atoms with Gasteiger partial charge in [0.25, 0.3) is 0 Å². The molecule has 7 aromatic carbocycles. The molecule has 10 saturated carbocycles. The van der Waals surface area contributed by atoms with Crippen molar-refractivity contribution in [2.24, 2.45) is 82.9 Å². The lowest BCUT2D eigenvalue weighted by Gasteiger charge is -2.32. The lowest BCUT2D eigenvalue weighted by Crippen LogP contribution is -2.42. The number of benzene rings is 7. The van der Waals surface area contributed by atoms with E-state index in [1.54, 1.807) is 65.5 Å². The Morgan fingerprint density at radius 1 is 0.423 bits per heavy atom. The highest BCUT2D eigenvalue weighted by Crippen LogP contribution is 2.52. The average Bonchev–Trinajstić information content (AvgIpc) is 1.76. The monoisotopic (exact) mass is 2040 g/mol. The van der Waals surface area contributed by atoms with Crippen molar-refractivity contribution in [1.29, 1.82) is 31.6 Å². The van der Waals surface area contributed by atoms with Gasteiger partial charge in [0, 0.05) is 113 Å². The van der Waals surface area contributed by atoms with Crippen LogP contribution < -0.4 is 31.3 Å². The zero-order valence-electron chi connectivity index (χ0n) is 85.6. The van der Waals surface area contributed by atoms with E-state index in [9.17, 15) is 71.9 Å². The van der Waals surface area contributed by atoms with Gasteiger partial charge in [0.15, 0.2) is 5.78 Å². The first-order valence-corrected chi connectivity index (χ1v) is 56.6. The van der Waals surface area contributed by atoms with Crippen molar-refractivity contribution in [3.63, 3.8) is 0 Å². The number of sulfonamides is 2. The Balaban J connectivity index is 0.000000127. The van der Waals surface area contributed by atoms with Crippen LogP contribution in [0.5, 0.6) is 0 Å². The molecule has 5 amide bonds. The van der Waals surface area contributed by atoms with Crippen LogP contribution in [0.15, 0.2) is 204 Å². The molecule has 10 bridgehead atoms. The van der Waals surface area contributed by atoms with E-state index < -0.39 is 44.2 Å². The van der Waals surface area contributed by atoms with E-state index in [2.05, 4.69) is 101 Å². The number of nitrogens with one attached hydrogen (secondary N) is 6. The average molecular weight is 2040 g/mol. The number of pyridine rings is 1. The predicted molar refractivity (Wildman–Crippen MR) is 565 cm³/mol. The van der Waals surface area contributed by atoms with Gasteiger partial charge in [-0.2, -0.15) is 31.6 Å². The van der Waals surface area contributed by atoms with Gasteiger partial charge in [-0.25, -0.2) is 35.5 Å². The maximum absolute atomic E-state index is 12.7. The standard InChI is InChI=1S/C25H29N3O3S.C25H33N3O2.C24H27N3O3S.C23H22N4O.C22H25N5O/c1-28(2)32(30,31)23-11-9-20(10-12-23)19-6-3-17(4-7-19)14-22(16-26)27-25(29)24-15-18-5-8-21(24)13-18;1-2-24(30)28-11-9-20(10-12-28)19-5-3-17(4-6-19)13-18(16-26)14-23(29)25-21-7-8-22(15-21)27-25;1-26-31(29,30)22-10-8-19(9-11-22)18-5-2-16(3-6-18)13-21(15-25)27-24(28)23-14-17-4-7-20(23)12-17;24-12-20-8-7-19(14-26-20)17-4-1-15(2-5-17)10-21(13-25)27-23(28)22-11-16-3-6-18(22)9-16;23-12-18(24-22(28)20-11-15-1-4-17(20)9-15)10-14-2-7-19(8-3-14)27-13-21(25-26-27)16-5-6-16/h3-4,6-7,9-12,18,21-22,24H,5,8,13-15H2,1-2H3,(H,27,29);3-6,18,20-22,25,27H,2,7-15H2,1H3;2-3,5-6,8-11,17,20-21,23,26H,4,7,12-14H2,1H3,(H,27,28);1-2,4-5,7-8,14,16,18,21-22H,3,6,9-11H2,(H,27,28);2-3,7-8,13,15-18,20H,1,4-6,9-11H2,(H,24,28)/t18-,21+,22+,24+;18-,21+,22-,25+;17-,20+,21+,23+;16-,18+,21+,22+;15-,17+,18+,20+/m11111/s1. The number of fused-ring (bicyclic) bond motifs is 10. The number of amides is 5. The molecule has 30 heteroatoms. The molecule has 774 valence electrons. The number of nitrogens with zero attached hydrogens (tertiary/aromatic N) is 12. The molecule has 0 spiro atoms. The molecule has 21 rings (SSSR count). The van der Waals surface area contributed by atoms with Gasteiger partial charge in [0.2, 0.25) is 49.6 Å². The highest BCUT2D eigenvalue weighted by molar-refractivity contribution is 7.89. The zero-order chi connectivity index (χ0) is 105. The van der Waals surface area contributed by atoms with Gasteiger partial charge in [-0.05, 0) is 304 Å². The summed E-state index contributed by atoms with van der Waals surface area (Å²) in [5.74, 6) is 7.23. The minimum absolute atomic E-state index is 0.0209. The SMILES string of the molecule is CCC(=O)N1CCC(c2ccc(C[C@@H](C#N)CC(=O)[C@H]3N[C@@H]4CC[C@H]3C4)cc2)CC1.CN(C)S(=O)(=O)c1ccc(-c2ccc(C[C@@H](C#N)NC(=O)[C@H]3C[C@@H]4CC[C@H]3C4)cc2)cc1.CNS(=O)(=O)c1ccc(-c2ccc(C[C@@H](C#N)NC(=O)[C@H]3C[C@@H]4CC[C@H]3C4)cc2)cc1.N#C[C@H](Cc1ccc(-n2cc(C3CC3)nn2)cc1)NC(=O)[C@H]1C[C@@H]2CC[C@H]1C2.N#Cc1ccc(-c2ccc(C[C@@H](C#N)NC(=O)[C@H]3C[C@@H]4CC[C@H]3C4)cc2)cn1. The largest absolute Gasteiger partial charge is 0.343 e. The Morgan fingerprint density at radius 3 is 1.14 bits per heavy atom. The quantitative estimate of drug-likeness (QED) is 0.0228. The number of rotatable bonds is 32. The fourth-order valence-electron chi connectivity index (χ4n) is 25.3. The van der Waals surface area contributed by atoms with Gasteiger partial charge >= 0.3 is 0 Å². The number of Topliss-reactive ketones (excluding diaryl/α,β-unsaturated/α-hetero) is 1. The molecule has 10 aliphatic carbocycles. The number of carbonyl (C=O) groups excluding carboxylic acids is 6. The van der Waals surface area contributed by atoms with Crippen LogP contribution in [0.1, 0.15) is 224 Å². The normalized spacial score (nSPS) is 24.7. The lowest BCUT2D eigenvalue weighted by molar-refractivity contribution is -0.132. The topological polar surface area (TPSA) is 436 Å². The number of carbonyl (C=O) groups is 6. The van der Waals surface area contributed by atoms with Crippen molar-refractivity contribution in [1.82, 2.24) is 60.5 Å². The third kappa shape index (κ3) is 26.9. The highest BCUT2D eigenvalue weighted by atomic mass is 32.2. The molecule has 28 nitrogen and oxygen atoms in total. The second kappa shape index (κ2) is 48.9. The third-order valence-corrected chi connectivity index (χ3v) is 37.1. The summed E-state index contributed by atoms with van der Waals surface area (Å²) in [5, 5.41) is 80.3. The predicted octanol–water partition coefficient (Wildman–Crippen LogP) is 17.2. The van der Waals surface area contributed by atoms with Gasteiger partial charge in [-0.15, -0.1) is 5.10 Å². The molecular weight excluding hydrogens is 1910 g/mol. The molecule has 0 radical (unpaired) electrons. The fraction of sp³-hybridized carbons (Fsp3) is 0.487. The lowest BCUT2D eigenvalue weighted by atomic mass is 9.86. The molecule has 6 N–H and O–H groups in total. The molecule has 149 heavy (non-hydrogen) atoms. The van der Waals surface area contributed by atoms with Gasteiger partial charge in [0.05, 0.1) is 69.7 Å². The van der Waals surface area contributed by atoms with Crippen LogP contribution in [-0.4, -0.2) is 152 Å². The molecule has 2 aliphatic heterocycles. The molecular formula is C119H136N18O10S2. The summed E-state index contributed by atoms with van der Waals surface area (Å²) in [6.45, 7) is 3.60. The summed E-state index contributed by atoms with van der Waals surface area (Å²) in [5.41, 5.74) is 14.5. The third-order valence-electron chi connectivity index (χ3n) is 33.9. The second-order valence-corrected chi connectivity index (χ2v) is 47.8. The summed E-state index contributed by atoms with van der Waals surface area (Å²) in [4.78, 5) is 81.6. The minimum atomic E-state index is -3.45. The van der Waals surface area contributed by atoms with E-state index in [1.807, 2.05) is 127 Å². The molecule has 20 atom stereocenters. The smallest absolute Gasteiger partial charge is 0.242 e. The Hall–Kier alpha value is -13.4. The van der Waals surface area contributed by atoms with E-state index in [4.69, 9.17) is 5.26 Å². The van der Waals surface area contributed by atoms with Crippen LogP contribution in [-0.2, 0) is 80.9 Å². The number of nitriles is 6. The maximum Gasteiger partial charge on any atom is 0.242 e. The van der Waals surface area contributed by atoms with Crippen molar-refractivity contribution in [2.45, 2.75) is 257 Å². The first kappa shape index (κ1) is 107. The van der Waals surface area contributed by atoms with Crippen LogP contribution in [0.2, 0.25) is 0 Å². The van der Waals surface area contributed by atoms with Gasteiger partial charge in [-0.3, -0.25) is 28.8 Å². The van der Waals surface area contributed by atoms with Gasteiger partial charge in [-0.1, -0.05) is 171 Å². The number of likely N-dealkylation sites (tertiary alicyclic amines) is 1. The highest BCUT2D eigenvalue weighted by Gasteiger charge is 2.49. The number of piperidine rings is 2. The van der Waals surface area contributed by atoms with E-state index in [0.29, 0.717) is 116 Å². The van der Waals surface area contributed by atoms with E-state index in [0.717, 1.165) is 162 Å². The van der Waals surface area contributed by atoms with Gasteiger partial charge < -0.3 is 31.5 Å². The van der Waals surface area contributed by atoms with E-state index in [-0.39, 0.29) is 80.7 Å². The number of hydrogen-bond donors (Lipinski definition) is 6. The summed E-state index contributed by atoms with van der Waals surface area (Å²) < 4.78 is 53.5. The Morgan fingerprint density at radius 2 is 0.805 bits per heavy atom. The Bertz CT molecular complexity index is 6740. The zero-order valence-corrected chi connectivity index (χ0v) is 87.2. The van der Waals surface area contributed by atoms with Crippen molar-refractivity contribution >= 4 is 55.4 Å². The van der Waals surface area contributed by atoms with Crippen molar-refractivity contribution in [3.8, 4) is 75.5 Å². The van der Waals surface area contributed by atoms with Crippen LogP contribution in [0.25, 0.3) is 39.1 Å². The number of ketones is 1. The molecule has 2 saturated heterocycles. The van der Waals surface area contributed by atoms with Crippen LogP contribution in [0, 0.1) is 151 Å². The van der Waals surface area contributed by atoms with Crippen molar-refractivity contribution < 1.29 is 45.6 Å². The van der Waals surface area contributed by atoms with E-state index >= 15 is 0 Å². The Labute approximate surface area is 876 Å². The van der Waals surface area contributed by atoms with Crippen LogP contribution in [0.3, 0.4) is 0 Å². The maximum atomic E-state index is 12.7. The first-order valence-electron chi connectivity index (χ1n) is 53.7. The molecule has 0 unspecified atom stereocenters. The minimum Gasteiger partial charge on any atom is -0.343 e. The summed E-state index contributed by atoms with van der Waals surface area (Å²) >= 11 is 0. The van der Waals surface area contributed by atoms with Crippen molar-refractivity contribution in [2.75, 3.05) is 34.2 Å². The van der Waals surface area contributed by atoms with E-state index in [1.165, 1.54) is 108 Å². The van der Waals surface area contributed by atoms with Gasteiger partial charge in [0.1, 0.15) is 35.9 Å². The molecule has 12 aliphatic rings. The Kier molecular flexibility index (Phi) is 35.1. The molecule has 2 aromatic heterocycles. The van der Waals surface area contributed by atoms with Crippen LogP contribution >= 0.6 is 0 Å². The number of aromatic nitrogens is 4.